The molecule has 0 aromatic heterocycles. The average molecular weight is 247 g/mol. The van der Waals surface area contributed by atoms with Crippen LogP contribution in [0.15, 0.2) is 29.8 Å². The van der Waals surface area contributed by atoms with Crippen LogP contribution in [0.1, 0.15) is 25.8 Å². The Morgan fingerprint density at radius 3 is 2.50 bits per heavy atom. The second kappa shape index (κ2) is 6.24. The fourth-order valence-corrected chi connectivity index (χ4v) is 1.98. The lowest BCUT2D eigenvalue weighted by molar-refractivity contribution is -0.115. The van der Waals surface area contributed by atoms with Crippen molar-refractivity contribution in [2.45, 2.75) is 20.3 Å². The van der Waals surface area contributed by atoms with Crippen molar-refractivity contribution in [3.63, 3.8) is 0 Å². The summed E-state index contributed by atoms with van der Waals surface area (Å²) in [5.74, 6) is 0.963. The van der Waals surface area contributed by atoms with Gasteiger partial charge in [0, 0.05) is 31.7 Å². The summed E-state index contributed by atoms with van der Waals surface area (Å²) >= 11 is 0. The number of carbonyl (C=O) groups excluding carboxylic acids is 1. The average Bonchev–Trinajstić information content (AvgIpc) is 2.37. The van der Waals surface area contributed by atoms with Gasteiger partial charge >= 0.3 is 0 Å². The molecule has 3 heteroatoms. The Kier molecular flexibility index (Phi) is 4.95. The van der Waals surface area contributed by atoms with Crippen LogP contribution >= 0.6 is 0 Å². The molecule has 0 heterocycles. The zero-order chi connectivity index (χ0) is 13.7. The standard InChI is InChI=1S/C15H21NO2/c1-6-14(17)11(2)15(16(3)4)12-8-7-9-13(10-12)18-5/h7-10H,6H2,1-5H3/b15-11-. The first-order valence-corrected chi connectivity index (χ1v) is 6.07. The van der Waals surface area contributed by atoms with Gasteiger partial charge in [-0.1, -0.05) is 19.1 Å². The molecule has 0 aliphatic carbocycles. The van der Waals surface area contributed by atoms with Gasteiger partial charge in [-0.3, -0.25) is 4.79 Å². The van der Waals surface area contributed by atoms with E-state index in [0.717, 1.165) is 22.6 Å². The van der Waals surface area contributed by atoms with Gasteiger partial charge in [0.25, 0.3) is 0 Å². The highest BCUT2D eigenvalue weighted by Gasteiger charge is 2.13. The van der Waals surface area contributed by atoms with Crippen LogP contribution in [0.3, 0.4) is 0 Å². The van der Waals surface area contributed by atoms with E-state index in [1.807, 2.05) is 57.1 Å². The summed E-state index contributed by atoms with van der Waals surface area (Å²) in [6.45, 7) is 3.76. The second-order valence-corrected chi connectivity index (χ2v) is 4.38. The van der Waals surface area contributed by atoms with Gasteiger partial charge in [0.1, 0.15) is 5.75 Å². The fourth-order valence-electron chi connectivity index (χ4n) is 1.98. The maximum atomic E-state index is 11.9. The van der Waals surface area contributed by atoms with E-state index in [1.165, 1.54) is 0 Å². The maximum Gasteiger partial charge on any atom is 0.160 e. The Morgan fingerprint density at radius 1 is 1.33 bits per heavy atom. The van der Waals surface area contributed by atoms with E-state index in [-0.39, 0.29) is 5.78 Å². The molecule has 0 spiro atoms. The molecule has 0 N–H and O–H groups in total. The Morgan fingerprint density at radius 2 is 2.00 bits per heavy atom. The number of carbonyl (C=O) groups is 1. The fraction of sp³-hybridized carbons (Fsp3) is 0.400. The molecule has 0 bridgehead atoms. The molecule has 18 heavy (non-hydrogen) atoms. The van der Waals surface area contributed by atoms with E-state index < -0.39 is 0 Å². The number of hydrogen-bond acceptors (Lipinski definition) is 3. The molecule has 1 aromatic carbocycles. The highest BCUT2D eigenvalue weighted by atomic mass is 16.5. The molecule has 0 unspecified atom stereocenters. The van der Waals surface area contributed by atoms with E-state index in [0.29, 0.717) is 6.42 Å². The van der Waals surface area contributed by atoms with Crippen LogP contribution in [0.2, 0.25) is 0 Å². The van der Waals surface area contributed by atoms with Crippen LogP contribution in [0, 0.1) is 0 Å². The number of allylic oxidation sites excluding steroid dienone is 1. The minimum Gasteiger partial charge on any atom is -0.497 e. The predicted octanol–water partition coefficient (Wildman–Crippen LogP) is 2.97. The van der Waals surface area contributed by atoms with E-state index in [4.69, 9.17) is 4.74 Å². The van der Waals surface area contributed by atoms with Crippen molar-refractivity contribution in [3.05, 3.63) is 35.4 Å². The van der Waals surface area contributed by atoms with E-state index in [2.05, 4.69) is 0 Å². The summed E-state index contributed by atoms with van der Waals surface area (Å²) in [5, 5.41) is 0. The molecule has 0 radical (unpaired) electrons. The van der Waals surface area contributed by atoms with Gasteiger partial charge in [-0.05, 0) is 19.1 Å². The molecule has 1 rings (SSSR count). The van der Waals surface area contributed by atoms with Crippen LogP contribution in [0.4, 0.5) is 0 Å². The highest BCUT2D eigenvalue weighted by Crippen LogP contribution is 2.25. The van der Waals surface area contributed by atoms with Crippen molar-refractivity contribution in [2.24, 2.45) is 0 Å². The van der Waals surface area contributed by atoms with Gasteiger partial charge in [-0.15, -0.1) is 0 Å². The summed E-state index contributed by atoms with van der Waals surface area (Å²) in [4.78, 5) is 13.8. The second-order valence-electron chi connectivity index (χ2n) is 4.38. The third-order valence-electron chi connectivity index (χ3n) is 2.88. The number of ether oxygens (including phenoxy) is 1. The van der Waals surface area contributed by atoms with Crippen molar-refractivity contribution in [1.82, 2.24) is 4.90 Å². The number of ketones is 1. The van der Waals surface area contributed by atoms with Crippen molar-refractivity contribution < 1.29 is 9.53 Å². The van der Waals surface area contributed by atoms with Gasteiger partial charge in [-0.25, -0.2) is 0 Å². The quantitative estimate of drug-likeness (QED) is 0.749. The molecule has 0 aliphatic heterocycles. The predicted molar refractivity (Wildman–Crippen MR) is 74.6 cm³/mol. The van der Waals surface area contributed by atoms with Crippen molar-refractivity contribution in [1.29, 1.82) is 0 Å². The minimum atomic E-state index is 0.168. The molecule has 0 saturated heterocycles. The largest absolute Gasteiger partial charge is 0.497 e. The number of methoxy groups -OCH3 is 1. The first-order chi connectivity index (χ1) is 8.51. The zero-order valence-corrected chi connectivity index (χ0v) is 11.8. The molecule has 0 saturated carbocycles. The Bertz CT molecular complexity index is 461. The Balaban J connectivity index is 3.32. The van der Waals surface area contributed by atoms with E-state index in [9.17, 15) is 4.79 Å². The third kappa shape index (κ3) is 3.13. The Hall–Kier alpha value is -1.77. The molecule has 1 aromatic rings. The van der Waals surface area contributed by atoms with E-state index in [1.54, 1.807) is 7.11 Å². The molecule has 0 atom stereocenters. The van der Waals surface area contributed by atoms with Gasteiger partial charge in [0.2, 0.25) is 0 Å². The molecule has 0 aliphatic rings. The molecular weight excluding hydrogens is 226 g/mol. The molecule has 0 fully saturated rings. The van der Waals surface area contributed by atoms with Crippen LogP contribution in [-0.2, 0) is 4.79 Å². The smallest absolute Gasteiger partial charge is 0.160 e. The van der Waals surface area contributed by atoms with Crippen molar-refractivity contribution in [2.75, 3.05) is 21.2 Å². The van der Waals surface area contributed by atoms with E-state index >= 15 is 0 Å². The van der Waals surface area contributed by atoms with Crippen molar-refractivity contribution in [3.8, 4) is 5.75 Å². The van der Waals surface area contributed by atoms with Gasteiger partial charge in [0.15, 0.2) is 5.78 Å². The normalized spacial score (nSPS) is 11.8. The lowest BCUT2D eigenvalue weighted by Crippen LogP contribution is -2.15. The van der Waals surface area contributed by atoms with Crippen molar-refractivity contribution >= 4 is 11.5 Å². The van der Waals surface area contributed by atoms with Crippen LogP contribution in [0.5, 0.6) is 5.75 Å². The summed E-state index contributed by atoms with van der Waals surface area (Å²) in [6, 6.07) is 7.77. The molecule has 0 amide bonds. The maximum absolute atomic E-state index is 11.9. The lowest BCUT2D eigenvalue weighted by atomic mass is 10.0. The first kappa shape index (κ1) is 14.3. The Labute approximate surface area is 109 Å². The van der Waals surface area contributed by atoms with Gasteiger partial charge in [0.05, 0.1) is 12.8 Å². The number of nitrogens with zero attached hydrogens (tertiary/aromatic N) is 1. The molecule has 3 nitrogen and oxygen atoms in total. The third-order valence-corrected chi connectivity index (χ3v) is 2.88. The molecular formula is C15H21NO2. The SMILES string of the molecule is CCC(=O)/C(C)=C(/c1cccc(OC)c1)N(C)C. The number of hydrogen-bond donors (Lipinski definition) is 0. The van der Waals surface area contributed by atoms with Crippen LogP contribution < -0.4 is 4.74 Å². The first-order valence-electron chi connectivity index (χ1n) is 6.07. The van der Waals surface area contributed by atoms with Gasteiger partial charge < -0.3 is 9.64 Å². The number of benzene rings is 1. The van der Waals surface area contributed by atoms with Crippen LogP contribution in [0.25, 0.3) is 5.70 Å². The topological polar surface area (TPSA) is 29.5 Å². The zero-order valence-electron chi connectivity index (χ0n) is 11.8. The molecule has 98 valence electrons. The highest BCUT2D eigenvalue weighted by molar-refractivity contribution is 6.01. The van der Waals surface area contributed by atoms with Crippen LogP contribution in [-0.4, -0.2) is 31.9 Å². The minimum absolute atomic E-state index is 0.168. The monoisotopic (exact) mass is 247 g/mol. The summed E-state index contributed by atoms with van der Waals surface area (Å²) < 4.78 is 5.23. The number of rotatable bonds is 5. The summed E-state index contributed by atoms with van der Waals surface area (Å²) in [6.07, 6.45) is 0.521. The summed E-state index contributed by atoms with van der Waals surface area (Å²) in [5.41, 5.74) is 2.73. The summed E-state index contributed by atoms with van der Waals surface area (Å²) in [7, 11) is 5.53. The number of Topliss-reactive ketones (excluding diaryl/α,β-unsaturated/α-hetero) is 1. The lowest BCUT2D eigenvalue weighted by Gasteiger charge is -2.20. The van der Waals surface area contributed by atoms with Gasteiger partial charge in [-0.2, -0.15) is 0 Å².